The van der Waals surface area contributed by atoms with Gasteiger partial charge in [0, 0.05) is 6.42 Å². The van der Waals surface area contributed by atoms with Crippen molar-refractivity contribution in [1.29, 1.82) is 0 Å². The highest BCUT2D eigenvalue weighted by Crippen LogP contribution is 2.26. The first-order valence-electron chi connectivity index (χ1n) is 6.33. The Morgan fingerprint density at radius 3 is 2.22 bits per heavy atom. The first-order valence-corrected chi connectivity index (χ1v) is 6.33. The molecule has 1 N–H and O–H groups in total. The Labute approximate surface area is 109 Å². The van der Waals surface area contributed by atoms with Gasteiger partial charge in [-0.1, -0.05) is 48.5 Å². The molecule has 0 aliphatic heterocycles. The van der Waals surface area contributed by atoms with Crippen molar-refractivity contribution in [2.45, 2.75) is 32.8 Å². The van der Waals surface area contributed by atoms with Crippen molar-refractivity contribution in [3.8, 4) is 0 Å². The first kappa shape index (κ1) is 12.8. The van der Waals surface area contributed by atoms with E-state index in [0.717, 1.165) is 11.1 Å². The van der Waals surface area contributed by atoms with Gasteiger partial charge < -0.3 is 5.11 Å². The van der Waals surface area contributed by atoms with E-state index in [0.29, 0.717) is 6.42 Å². The minimum absolute atomic E-state index is 0.635. The molecule has 0 bridgehead atoms. The van der Waals surface area contributed by atoms with Crippen LogP contribution in [0, 0.1) is 13.8 Å². The summed E-state index contributed by atoms with van der Waals surface area (Å²) in [5.74, 6) is 0. The monoisotopic (exact) mass is 240 g/mol. The molecule has 18 heavy (non-hydrogen) atoms. The molecule has 1 unspecified atom stereocenters. The summed E-state index contributed by atoms with van der Waals surface area (Å²) in [6, 6.07) is 16.3. The quantitative estimate of drug-likeness (QED) is 0.866. The predicted octanol–water partition coefficient (Wildman–Crippen LogP) is 3.75. The lowest BCUT2D eigenvalue weighted by molar-refractivity contribution is 0.0575. The van der Waals surface area contributed by atoms with Gasteiger partial charge in [0.05, 0.1) is 5.60 Å². The van der Waals surface area contributed by atoms with Crippen LogP contribution in [0.4, 0.5) is 0 Å². The lowest BCUT2D eigenvalue weighted by Gasteiger charge is -2.25. The molecule has 0 saturated heterocycles. The molecule has 94 valence electrons. The van der Waals surface area contributed by atoms with Gasteiger partial charge in [-0.2, -0.15) is 0 Å². The molecule has 1 atom stereocenters. The Hall–Kier alpha value is -1.60. The van der Waals surface area contributed by atoms with Crippen molar-refractivity contribution in [1.82, 2.24) is 0 Å². The Bertz CT molecular complexity index is 527. The molecule has 0 saturated carbocycles. The van der Waals surface area contributed by atoms with Crippen molar-refractivity contribution in [2.75, 3.05) is 0 Å². The molecule has 0 spiro atoms. The summed E-state index contributed by atoms with van der Waals surface area (Å²) in [5, 5.41) is 10.7. The molecule has 0 aromatic heterocycles. The maximum Gasteiger partial charge on any atom is 0.0908 e. The second-order valence-corrected chi connectivity index (χ2v) is 5.24. The summed E-state index contributed by atoms with van der Waals surface area (Å²) in [6.45, 7) is 6.05. The number of rotatable bonds is 3. The molecule has 0 fully saturated rings. The average molecular weight is 240 g/mol. The van der Waals surface area contributed by atoms with Crippen LogP contribution in [0.3, 0.4) is 0 Å². The zero-order chi connectivity index (χ0) is 13.2. The van der Waals surface area contributed by atoms with E-state index < -0.39 is 5.60 Å². The molecule has 0 aliphatic carbocycles. The van der Waals surface area contributed by atoms with Crippen LogP contribution in [0.5, 0.6) is 0 Å². The highest BCUT2D eigenvalue weighted by atomic mass is 16.3. The number of aliphatic hydroxyl groups is 1. The SMILES string of the molecule is Cc1ccc(C(C)(O)Cc2ccccc2)cc1C. The number of benzene rings is 2. The minimum atomic E-state index is -0.820. The van der Waals surface area contributed by atoms with Gasteiger partial charge in [-0.05, 0) is 43.0 Å². The third-order valence-electron chi connectivity index (χ3n) is 3.52. The number of hydrogen-bond donors (Lipinski definition) is 1. The summed E-state index contributed by atoms with van der Waals surface area (Å²) in [6.07, 6.45) is 0.635. The molecule has 1 nitrogen and oxygen atoms in total. The minimum Gasteiger partial charge on any atom is -0.385 e. The largest absolute Gasteiger partial charge is 0.385 e. The highest BCUT2D eigenvalue weighted by molar-refractivity contribution is 5.34. The van der Waals surface area contributed by atoms with Crippen LogP contribution in [-0.2, 0) is 12.0 Å². The fraction of sp³-hybridized carbons (Fsp3) is 0.294. The van der Waals surface area contributed by atoms with Crippen LogP contribution in [0.15, 0.2) is 48.5 Å². The summed E-state index contributed by atoms with van der Waals surface area (Å²) < 4.78 is 0. The van der Waals surface area contributed by atoms with Crippen molar-refractivity contribution < 1.29 is 5.11 Å². The average Bonchev–Trinajstić information content (AvgIpc) is 2.33. The lowest BCUT2D eigenvalue weighted by Crippen LogP contribution is -2.24. The molecule has 2 aromatic carbocycles. The van der Waals surface area contributed by atoms with E-state index in [2.05, 4.69) is 38.1 Å². The van der Waals surface area contributed by atoms with E-state index in [1.807, 2.05) is 31.2 Å². The Kier molecular flexibility index (Phi) is 3.53. The van der Waals surface area contributed by atoms with Gasteiger partial charge in [0.25, 0.3) is 0 Å². The molecule has 0 amide bonds. The van der Waals surface area contributed by atoms with Crippen LogP contribution in [-0.4, -0.2) is 5.11 Å². The molecule has 2 rings (SSSR count). The van der Waals surface area contributed by atoms with E-state index in [-0.39, 0.29) is 0 Å². The summed E-state index contributed by atoms with van der Waals surface area (Å²) in [7, 11) is 0. The third-order valence-corrected chi connectivity index (χ3v) is 3.52. The Balaban J connectivity index is 2.27. The van der Waals surface area contributed by atoms with Crippen LogP contribution in [0.25, 0.3) is 0 Å². The van der Waals surface area contributed by atoms with Crippen molar-refractivity contribution in [2.24, 2.45) is 0 Å². The second kappa shape index (κ2) is 4.95. The van der Waals surface area contributed by atoms with Crippen LogP contribution < -0.4 is 0 Å². The van der Waals surface area contributed by atoms with Crippen molar-refractivity contribution >= 4 is 0 Å². The van der Waals surface area contributed by atoms with E-state index in [1.165, 1.54) is 11.1 Å². The number of hydrogen-bond acceptors (Lipinski definition) is 1. The molecule has 0 heterocycles. The van der Waals surface area contributed by atoms with Gasteiger partial charge in [0.2, 0.25) is 0 Å². The zero-order valence-corrected chi connectivity index (χ0v) is 11.3. The Morgan fingerprint density at radius 1 is 0.944 bits per heavy atom. The number of aryl methyl sites for hydroxylation is 2. The predicted molar refractivity (Wildman–Crippen MR) is 75.6 cm³/mol. The third kappa shape index (κ3) is 2.80. The van der Waals surface area contributed by atoms with Crippen LogP contribution in [0.2, 0.25) is 0 Å². The Morgan fingerprint density at radius 2 is 1.61 bits per heavy atom. The second-order valence-electron chi connectivity index (χ2n) is 5.24. The van der Waals surface area contributed by atoms with Gasteiger partial charge >= 0.3 is 0 Å². The molecular weight excluding hydrogens is 220 g/mol. The van der Waals surface area contributed by atoms with Gasteiger partial charge in [-0.15, -0.1) is 0 Å². The molecule has 0 radical (unpaired) electrons. The van der Waals surface area contributed by atoms with E-state index in [1.54, 1.807) is 0 Å². The van der Waals surface area contributed by atoms with E-state index in [4.69, 9.17) is 0 Å². The fourth-order valence-corrected chi connectivity index (χ4v) is 2.17. The van der Waals surface area contributed by atoms with Gasteiger partial charge in [0.15, 0.2) is 0 Å². The normalized spacial score (nSPS) is 14.2. The topological polar surface area (TPSA) is 20.2 Å². The van der Waals surface area contributed by atoms with Crippen molar-refractivity contribution in [3.05, 3.63) is 70.8 Å². The molecule has 1 heteroatoms. The molecular formula is C17H20O. The fourth-order valence-electron chi connectivity index (χ4n) is 2.17. The van der Waals surface area contributed by atoms with Crippen molar-refractivity contribution in [3.63, 3.8) is 0 Å². The summed E-state index contributed by atoms with van der Waals surface area (Å²) in [5.41, 5.74) is 3.80. The highest BCUT2D eigenvalue weighted by Gasteiger charge is 2.23. The first-order chi connectivity index (χ1) is 8.49. The smallest absolute Gasteiger partial charge is 0.0908 e. The maximum atomic E-state index is 10.7. The van der Waals surface area contributed by atoms with Gasteiger partial charge in [-0.3, -0.25) is 0 Å². The molecule has 0 aliphatic rings. The van der Waals surface area contributed by atoms with E-state index in [9.17, 15) is 5.11 Å². The van der Waals surface area contributed by atoms with E-state index >= 15 is 0 Å². The standard InChI is InChI=1S/C17H20O/c1-13-9-10-16(11-14(13)2)17(3,18)12-15-7-5-4-6-8-15/h4-11,18H,12H2,1-3H3. The van der Waals surface area contributed by atoms with Crippen LogP contribution in [0.1, 0.15) is 29.2 Å². The van der Waals surface area contributed by atoms with Gasteiger partial charge in [-0.25, -0.2) is 0 Å². The summed E-state index contributed by atoms with van der Waals surface area (Å²) >= 11 is 0. The molecule has 2 aromatic rings. The zero-order valence-electron chi connectivity index (χ0n) is 11.3. The maximum absolute atomic E-state index is 10.7. The lowest BCUT2D eigenvalue weighted by atomic mass is 9.87. The van der Waals surface area contributed by atoms with Crippen LogP contribution >= 0.6 is 0 Å². The van der Waals surface area contributed by atoms with Gasteiger partial charge in [0.1, 0.15) is 0 Å². The summed E-state index contributed by atoms with van der Waals surface area (Å²) in [4.78, 5) is 0.